The van der Waals surface area contributed by atoms with Crippen molar-refractivity contribution < 1.29 is 14.7 Å². The number of amides is 2. The molecule has 2 bridgehead atoms. The fraction of sp³-hybridized carbons (Fsp3) is 0.500. The van der Waals surface area contributed by atoms with Gasteiger partial charge in [-0.2, -0.15) is 0 Å². The van der Waals surface area contributed by atoms with Gasteiger partial charge in [0.15, 0.2) is 0 Å². The van der Waals surface area contributed by atoms with E-state index in [1.54, 1.807) is 0 Å². The molecule has 8 nitrogen and oxygen atoms in total. The summed E-state index contributed by atoms with van der Waals surface area (Å²) >= 11 is 0. The number of carbonyl (C=O) groups is 2. The summed E-state index contributed by atoms with van der Waals surface area (Å²) in [4.78, 5) is 28.2. The Morgan fingerprint density at radius 1 is 0.864 bits per heavy atom. The molecule has 0 spiro atoms. The number of pyridine rings is 1. The lowest BCUT2D eigenvalue weighted by molar-refractivity contribution is 0.0944. The van der Waals surface area contributed by atoms with E-state index in [-0.39, 0.29) is 29.8 Å². The van der Waals surface area contributed by atoms with Crippen molar-refractivity contribution in [3.05, 3.63) is 29.1 Å². The average Bonchev–Trinajstić information content (AvgIpc) is 2.55. The Morgan fingerprint density at radius 3 is 1.77 bits per heavy atom. The van der Waals surface area contributed by atoms with E-state index in [1.165, 1.54) is 12.1 Å². The number of aliphatic hydroxyl groups excluding tert-OH is 1. The maximum Gasteiger partial charge on any atom is 0.269 e. The van der Waals surface area contributed by atoms with E-state index < -0.39 is 0 Å². The van der Waals surface area contributed by atoms with Crippen LogP contribution in [0.15, 0.2) is 12.1 Å². The molecule has 2 amide bonds. The van der Waals surface area contributed by atoms with Crippen LogP contribution in [0.5, 0.6) is 0 Å². The first-order valence-corrected chi connectivity index (χ1v) is 7.30. The van der Waals surface area contributed by atoms with Crippen molar-refractivity contribution in [2.75, 3.05) is 39.3 Å². The highest BCUT2D eigenvalue weighted by Crippen LogP contribution is 2.07. The van der Waals surface area contributed by atoms with Crippen LogP contribution < -0.4 is 21.3 Å². The largest absolute Gasteiger partial charge is 0.392 e. The van der Waals surface area contributed by atoms with E-state index in [9.17, 15) is 14.7 Å². The first-order chi connectivity index (χ1) is 10.7. The van der Waals surface area contributed by atoms with Gasteiger partial charge in [-0.3, -0.25) is 9.59 Å². The van der Waals surface area contributed by atoms with Gasteiger partial charge in [-0.25, -0.2) is 4.98 Å². The lowest BCUT2D eigenvalue weighted by Crippen LogP contribution is -2.36. The topological polar surface area (TPSA) is 115 Å². The van der Waals surface area contributed by atoms with Gasteiger partial charge >= 0.3 is 0 Å². The van der Waals surface area contributed by atoms with Gasteiger partial charge < -0.3 is 26.4 Å². The van der Waals surface area contributed by atoms with Crippen LogP contribution in [0.1, 0.15) is 26.5 Å². The number of nitrogens with one attached hydrogen (secondary N) is 4. The number of hydrogen-bond acceptors (Lipinski definition) is 6. The predicted octanol–water partition coefficient (Wildman–Crippen LogP) is -1.77. The van der Waals surface area contributed by atoms with Crippen LogP contribution in [0.2, 0.25) is 0 Å². The number of rotatable bonds is 1. The van der Waals surface area contributed by atoms with Gasteiger partial charge in [0.25, 0.3) is 11.8 Å². The molecule has 0 radical (unpaired) electrons. The maximum atomic E-state index is 12.1. The molecule has 0 aromatic carbocycles. The van der Waals surface area contributed by atoms with Crippen LogP contribution in [0.4, 0.5) is 0 Å². The van der Waals surface area contributed by atoms with Crippen molar-refractivity contribution in [2.45, 2.75) is 6.61 Å². The predicted molar refractivity (Wildman–Crippen MR) is 80.6 cm³/mol. The average molecular weight is 307 g/mol. The van der Waals surface area contributed by atoms with Crippen LogP contribution in [0.25, 0.3) is 0 Å². The highest BCUT2D eigenvalue weighted by molar-refractivity contribution is 5.96. The Bertz CT molecular complexity index is 493. The number of fused-ring (bicyclic) bond motifs is 2. The Kier molecular flexibility index (Phi) is 6.26. The normalized spacial score (nSPS) is 17.9. The number of aliphatic hydroxyl groups is 1. The van der Waals surface area contributed by atoms with E-state index in [0.717, 1.165) is 13.1 Å². The molecule has 2 heterocycles. The van der Waals surface area contributed by atoms with Crippen molar-refractivity contribution in [3.63, 3.8) is 0 Å². The van der Waals surface area contributed by atoms with E-state index in [1.807, 2.05) is 0 Å². The zero-order chi connectivity index (χ0) is 15.8. The number of nitrogens with zero attached hydrogens (tertiary/aromatic N) is 1. The third kappa shape index (κ3) is 4.76. The van der Waals surface area contributed by atoms with Crippen LogP contribution >= 0.6 is 0 Å². The van der Waals surface area contributed by atoms with E-state index >= 15 is 0 Å². The van der Waals surface area contributed by atoms with E-state index in [2.05, 4.69) is 26.3 Å². The highest BCUT2D eigenvalue weighted by atomic mass is 16.3. The Hall–Kier alpha value is -2.03. The number of carbonyl (C=O) groups excluding carboxylic acids is 2. The first-order valence-electron chi connectivity index (χ1n) is 7.30. The summed E-state index contributed by atoms with van der Waals surface area (Å²) in [7, 11) is 0. The minimum absolute atomic E-state index is 0.129. The Labute approximate surface area is 128 Å². The smallest absolute Gasteiger partial charge is 0.269 e. The van der Waals surface area contributed by atoms with Crippen LogP contribution in [-0.4, -0.2) is 61.2 Å². The zero-order valence-corrected chi connectivity index (χ0v) is 12.3. The zero-order valence-electron chi connectivity index (χ0n) is 12.3. The lowest BCUT2D eigenvalue weighted by Gasteiger charge is -2.09. The van der Waals surface area contributed by atoms with Crippen LogP contribution in [0.3, 0.4) is 0 Å². The second kappa shape index (κ2) is 8.42. The second-order valence-corrected chi connectivity index (χ2v) is 4.92. The minimum Gasteiger partial charge on any atom is -0.392 e. The van der Waals surface area contributed by atoms with Crippen LogP contribution in [0, 0.1) is 0 Å². The van der Waals surface area contributed by atoms with Crippen molar-refractivity contribution >= 4 is 11.8 Å². The minimum atomic E-state index is -0.362. The summed E-state index contributed by atoms with van der Waals surface area (Å²) in [5, 5.41) is 21.1. The van der Waals surface area contributed by atoms with Gasteiger partial charge in [0.05, 0.1) is 6.61 Å². The van der Waals surface area contributed by atoms with Gasteiger partial charge in [0.1, 0.15) is 11.4 Å². The molecule has 0 atom stereocenters. The molecule has 0 unspecified atom stereocenters. The molecule has 1 aromatic heterocycles. The molecule has 0 saturated heterocycles. The quantitative estimate of drug-likeness (QED) is 0.419. The fourth-order valence-corrected chi connectivity index (χ4v) is 2.05. The SMILES string of the molecule is O=C1NCCNCCNCCNC(=O)c2cc(CO)cc1n2. The molecule has 22 heavy (non-hydrogen) atoms. The molecule has 8 heteroatoms. The van der Waals surface area contributed by atoms with Gasteiger partial charge in [-0.05, 0) is 17.7 Å². The van der Waals surface area contributed by atoms with Gasteiger partial charge in [-0.1, -0.05) is 0 Å². The number of hydrogen-bond donors (Lipinski definition) is 5. The second-order valence-electron chi connectivity index (χ2n) is 4.92. The third-order valence-electron chi connectivity index (χ3n) is 3.19. The summed E-state index contributed by atoms with van der Waals surface area (Å²) in [5.41, 5.74) is 0.736. The third-order valence-corrected chi connectivity index (χ3v) is 3.19. The highest BCUT2D eigenvalue weighted by Gasteiger charge is 2.14. The lowest BCUT2D eigenvalue weighted by atomic mass is 10.2. The fourth-order valence-electron chi connectivity index (χ4n) is 2.05. The van der Waals surface area contributed by atoms with E-state index in [4.69, 9.17) is 0 Å². The monoisotopic (exact) mass is 307 g/mol. The maximum absolute atomic E-state index is 12.1. The molecule has 5 N–H and O–H groups in total. The Balaban J connectivity index is 2.19. The van der Waals surface area contributed by atoms with Crippen molar-refractivity contribution in [2.24, 2.45) is 0 Å². The first kappa shape index (κ1) is 16.3. The molecular weight excluding hydrogens is 286 g/mol. The molecule has 1 aliphatic rings. The molecule has 0 aliphatic carbocycles. The van der Waals surface area contributed by atoms with Crippen molar-refractivity contribution in [1.29, 1.82) is 0 Å². The van der Waals surface area contributed by atoms with Gasteiger partial charge in [-0.15, -0.1) is 0 Å². The molecule has 0 fully saturated rings. The molecule has 120 valence electrons. The van der Waals surface area contributed by atoms with Gasteiger partial charge in [0, 0.05) is 39.3 Å². The Morgan fingerprint density at radius 2 is 1.32 bits per heavy atom. The summed E-state index contributed by atoms with van der Waals surface area (Å²) < 4.78 is 0. The molecule has 1 aliphatic heterocycles. The standard InChI is InChI=1S/C14H21N5O3/c20-9-10-7-11-13(21)17-5-3-15-1-2-16-4-6-18-14(22)12(8-10)19-11/h7-8,15-16,20H,1-6,9H2,(H,17,21)(H,18,22). The molecule has 2 rings (SSSR count). The van der Waals surface area contributed by atoms with Crippen molar-refractivity contribution in [1.82, 2.24) is 26.3 Å². The van der Waals surface area contributed by atoms with Gasteiger partial charge in [0.2, 0.25) is 0 Å². The van der Waals surface area contributed by atoms with Crippen molar-refractivity contribution in [3.8, 4) is 0 Å². The van der Waals surface area contributed by atoms with Crippen LogP contribution in [-0.2, 0) is 6.61 Å². The molecular formula is C14H21N5O3. The summed E-state index contributed by atoms with van der Waals surface area (Å²) in [5.74, 6) is -0.724. The summed E-state index contributed by atoms with van der Waals surface area (Å²) in [6, 6.07) is 2.97. The summed E-state index contributed by atoms with van der Waals surface area (Å²) in [6.07, 6.45) is 0. The molecule has 1 aromatic rings. The number of aromatic nitrogens is 1. The van der Waals surface area contributed by atoms with E-state index in [0.29, 0.717) is 31.7 Å². The molecule has 0 saturated carbocycles. The summed E-state index contributed by atoms with van der Waals surface area (Å²) in [6.45, 7) is 3.53.